The van der Waals surface area contributed by atoms with Crippen molar-refractivity contribution in [1.82, 2.24) is 4.57 Å². The summed E-state index contributed by atoms with van der Waals surface area (Å²) in [6, 6.07) is 10.6. The van der Waals surface area contributed by atoms with Gasteiger partial charge in [0.1, 0.15) is 0 Å². The molecule has 142 valence electrons. The van der Waals surface area contributed by atoms with Gasteiger partial charge < -0.3 is 20.1 Å². The first kappa shape index (κ1) is 19.4. The molecule has 0 fully saturated rings. The summed E-state index contributed by atoms with van der Waals surface area (Å²) >= 11 is 0. The van der Waals surface area contributed by atoms with Crippen LogP contribution < -0.4 is 11.0 Å². The van der Waals surface area contributed by atoms with Gasteiger partial charge in [0, 0.05) is 29.2 Å². The first-order chi connectivity index (χ1) is 12.8. The van der Waals surface area contributed by atoms with Gasteiger partial charge in [0.2, 0.25) is 5.91 Å². The largest absolute Gasteiger partial charge is 0.366 e. The number of rotatable bonds is 6. The van der Waals surface area contributed by atoms with E-state index in [1.165, 1.54) is 0 Å². The van der Waals surface area contributed by atoms with E-state index in [2.05, 4.69) is 4.57 Å². The second kappa shape index (κ2) is 7.31. The zero-order chi connectivity index (χ0) is 19.8. The monoisotopic (exact) mass is 386 g/mol. The molecular formula is C20H23N2O4P. The van der Waals surface area contributed by atoms with E-state index < -0.39 is 13.5 Å². The Kier molecular flexibility index (Phi) is 5.24. The Morgan fingerprint density at radius 2 is 1.78 bits per heavy atom. The number of hydrogen-bond donors (Lipinski definition) is 3. The van der Waals surface area contributed by atoms with Gasteiger partial charge in [0.25, 0.3) is 0 Å². The lowest BCUT2D eigenvalue weighted by atomic mass is 9.97. The van der Waals surface area contributed by atoms with E-state index in [4.69, 9.17) is 5.73 Å². The number of nitrogens with two attached hydrogens (primary N) is 1. The molecule has 0 bridgehead atoms. The number of benzene rings is 2. The summed E-state index contributed by atoms with van der Waals surface area (Å²) in [6.07, 6.45) is 3.20. The highest BCUT2D eigenvalue weighted by molar-refractivity contribution is 7.60. The van der Waals surface area contributed by atoms with Gasteiger partial charge in [-0.1, -0.05) is 19.9 Å². The quantitative estimate of drug-likeness (QED) is 0.567. The molecule has 27 heavy (non-hydrogen) atoms. The molecule has 0 aliphatic carbocycles. The van der Waals surface area contributed by atoms with Crippen molar-refractivity contribution >= 4 is 29.7 Å². The molecule has 0 atom stereocenters. The highest BCUT2D eigenvalue weighted by Crippen LogP contribution is 2.36. The van der Waals surface area contributed by atoms with E-state index >= 15 is 0 Å². The topological polar surface area (TPSA) is 106 Å². The van der Waals surface area contributed by atoms with E-state index in [9.17, 15) is 19.1 Å². The van der Waals surface area contributed by atoms with Crippen LogP contribution in [0.3, 0.4) is 0 Å². The number of primary amides is 1. The fraction of sp³-hybridized carbons (Fsp3) is 0.250. The Hall–Kier alpha value is -2.40. The molecule has 0 unspecified atom stereocenters. The number of fused-ring (bicyclic) bond motifs is 1. The molecule has 3 rings (SSSR count). The number of aromatic nitrogens is 1. The molecule has 6 nitrogen and oxygen atoms in total. The molecule has 0 aliphatic rings. The van der Waals surface area contributed by atoms with Gasteiger partial charge in [-0.05, 0) is 59.9 Å². The van der Waals surface area contributed by atoms with Crippen LogP contribution in [0.2, 0.25) is 0 Å². The standard InChI is InChI=1S/C20H23N2O4P/c1-3-16-15(6-8-19(17(16)4-2)27(24,25)26)12-22-10-9-13-11-14(20(21)23)5-7-18(13)22/h5-11H,3-4,12H2,1-2H3,(H2,21,23)(H2,24,25,26). The average Bonchev–Trinajstić information content (AvgIpc) is 3.02. The number of carbonyl (C=O) groups is 1. The minimum absolute atomic E-state index is 0.120. The molecule has 0 saturated heterocycles. The van der Waals surface area contributed by atoms with Crippen LogP contribution >= 0.6 is 7.60 Å². The fourth-order valence-electron chi connectivity index (χ4n) is 3.66. The van der Waals surface area contributed by atoms with Crippen LogP contribution in [-0.4, -0.2) is 20.3 Å². The van der Waals surface area contributed by atoms with Crippen LogP contribution in [0.25, 0.3) is 10.9 Å². The van der Waals surface area contributed by atoms with Crippen molar-refractivity contribution in [2.24, 2.45) is 5.73 Å². The van der Waals surface area contributed by atoms with E-state index in [0.717, 1.165) is 27.6 Å². The molecule has 1 amide bonds. The maximum absolute atomic E-state index is 11.8. The van der Waals surface area contributed by atoms with Crippen molar-refractivity contribution in [1.29, 1.82) is 0 Å². The first-order valence-corrected chi connectivity index (χ1v) is 10.5. The molecule has 2 aromatic carbocycles. The van der Waals surface area contributed by atoms with Crippen molar-refractivity contribution in [2.75, 3.05) is 0 Å². The Morgan fingerprint density at radius 3 is 2.37 bits per heavy atom. The molecule has 0 spiro atoms. The second-order valence-electron chi connectivity index (χ2n) is 6.53. The molecule has 0 aliphatic heterocycles. The van der Waals surface area contributed by atoms with Gasteiger partial charge in [0.05, 0.1) is 5.30 Å². The van der Waals surface area contributed by atoms with Gasteiger partial charge in [-0.25, -0.2) is 0 Å². The average molecular weight is 386 g/mol. The first-order valence-electron chi connectivity index (χ1n) is 8.84. The van der Waals surface area contributed by atoms with E-state index in [-0.39, 0.29) is 5.30 Å². The highest BCUT2D eigenvalue weighted by atomic mass is 31.2. The van der Waals surface area contributed by atoms with E-state index in [1.54, 1.807) is 24.3 Å². The Balaban J connectivity index is 2.07. The van der Waals surface area contributed by atoms with Crippen molar-refractivity contribution in [3.05, 3.63) is 64.8 Å². The van der Waals surface area contributed by atoms with E-state index in [0.29, 0.717) is 24.9 Å². The van der Waals surface area contributed by atoms with Crippen molar-refractivity contribution in [2.45, 2.75) is 33.2 Å². The lowest BCUT2D eigenvalue weighted by Crippen LogP contribution is -2.16. The summed E-state index contributed by atoms with van der Waals surface area (Å²) in [4.78, 5) is 30.7. The summed E-state index contributed by atoms with van der Waals surface area (Å²) in [5.41, 5.74) is 9.53. The smallest absolute Gasteiger partial charge is 0.356 e. The third-order valence-corrected chi connectivity index (χ3v) is 5.97. The van der Waals surface area contributed by atoms with Gasteiger partial charge in [-0.15, -0.1) is 0 Å². The normalized spacial score (nSPS) is 11.9. The highest BCUT2D eigenvalue weighted by Gasteiger charge is 2.23. The SMILES string of the molecule is CCc1c(Cn2ccc3cc(C(N)=O)ccc32)ccc(P(=O)(O)O)c1CC. The molecule has 4 N–H and O–H groups in total. The van der Waals surface area contributed by atoms with Gasteiger partial charge in [-0.3, -0.25) is 9.36 Å². The molecule has 1 heterocycles. The summed E-state index contributed by atoms with van der Waals surface area (Å²) < 4.78 is 13.9. The molecule has 0 radical (unpaired) electrons. The van der Waals surface area contributed by atoms with E-state index in [1.807, 2.05) is 32.2 Å². The second-order valence-corrected chi connectivity index (χ2v) is 8.10. The summed E-state index contributed by atoms with van der Waals surface area (Å²) in [5.74, 6) is -0.460. The van der Waals surface area contributed by atoms with Crippen molar-refractivity contribution in [3.63, 3.8) is 0 Å². The van der Waals surface area contributed by atoms with Crippen molar-refractivity contribution < 1.29 is 19.1 Å². The number of carbonyl (C=O) groups excluding carboxylic acids is 1. The molecular weight excluding hydrogens is 363 g/mol. The minimum Gasteiger partial charge on any atom is -0.366 e. The Bertz CT molecular complexity index is 1070. The van der Waals surface area contributed by atoms with Gasteiger partial charge in [-0.2, -0.15) is 0 Å². The summed E-state index contributed by atoms with van der Waals surface area (Å²) in [7, 11) is -4.31. The third-order valence-electron chi connectivity index (χ3n) is 4.92. The van der Waals surface area contributed by atoms with Crippen LogP contribution in [0.1, 0.15) is 40.9 Å². The zero-order valence-electron chi connectivity index (χ0n) is 15.3. The lowest BCUT2D eigenvalue weighted by Gasteiger charge is -2.18. The van der Waals surface area contributed by atoms with Gasteiger partial charge >= 0.3 is 7.60 Å². The summed E-state index contributed by atoms with van der Waals surface area (Å²) in [6.45, 7) is 4.49. The van der Waals surface area contributed by atoms with Gasteiger partial charge in [0.15, 0.2) is 0 Å². The molecule has 0 saturated carbocycles. The molecule has 7 heteroatoms. The van der Waals surface area contributed by atoms with Crippen molar-refractivity contribution in [3.8, 4) is 0 Å². The van der Waals surface area contributed by atoms with Crippen LogP contribution in [0.4, 0.5) is 0 Å². The van der Waals surface area contributed by atoms with Crippen LogP contribution in [-0.2, 0) is 24.0 Å². The van der Waals surface area contributed by atoms with Crippen LogP contribution in [0.5, 0.6) is 0 Å². The molecule has 1 aromatic heterocycles. The number of nitrogens with zero attached hydrogens (tertiary/aromatic N) is 1. The maximum atomic E-state index is 11.8. The zero-order valence-corrected chi connectivity index (χ0v) is 16.2. The lowest BCUT2D eigenvalue weighted by molar-refractivity contribution is 0.100. The molecule has 3 aromatic rings. The predicted octanol–water partition coefficient (Wildman–Crippen LogP) is 2.72. The van der Waals surface area contributed by atoms with Crippen LogP contribution in [0.15, 0.2) is 42.6 Å². The Labute approximate surface area is 157 Å². The predicted molar refractivity (Wildman–Crippen MR) is 106 cm³/mol. The maximum Gasteiger partial charge on any atom is 0.356 e. The van der Waals surface area contributed by atoms with Crippen LogP contribution in [0, 0.1) is 0 Å². The number of hydrogen-bond acceptors (Lipinski definition) is 2. The minimum atomic E-state index is -4.31. The Morgan fingerprint density at radius 1 is 1.07 bits per heavy atom. The fourth-order valence-corrected chi connectivity index (χ4v) is 4.57. The number of amides is 1. The third kappa shape index (κ3) is 3.69. The summed E-state index contributed by atoms with van der Waals surface area (Å²) in [5, 5.41) is 1.04.